The third-order valence-corrected chi connectivity index (χ3v) is 4.13. The average molecular weight is 253 g/mol. The molecule has 96 valence electrons. The third-order valence-electron chi connectivity index (χ3n) is 3.21. The molecule has 2 rings (SSSR count). The van der Waals surface area contributed by atoms with Gasteiger partial charge < -0.3 is 10.2 Å². The van der Waals surface area contributed by atoms with E-state index in [0.717, 1.165) is 25.7 Å². The second-order valence-electron chi connectivity index (χ2n) is 5.35. The number of hydrogen-bond donors (Lipinski definition) is 1. The zero-order chi connectivity index (χ0) is 12.3. The SMILES string of the molecule is Cc1ncsc1CN(C)CC(C)CNC1CC1. The Bertz CT molecular complexity index is 346. The first-order valence-corrected chi connectivity index (χ1v) is 7.34. The molecule has 0 bridgehead atoms. The molecule has 17 heavy (non-hydrogen) atoms. The Hall–Kier alpha value is -0.450. The van der Waals surface area contributed by atoms with Crippen molar-refractivity contribution in [3.63, 3.8) is 0 Å². The Labute approximate surface area is 108 Å². The van der Waals surface area contributed by atoms with Crippen molar-refractivity contribution in [2.24, 2.45) is 5.92 Å². The first-order chi connectivity index (χ1) is 8.15. The van der Waals surface area contributed by atoms with Gasteiger partial charge in [0.2, 0.25) is 0 Å². The molecule has 1 atom stereocenters. The van der Waals surface area contributed by atoms with Crippen LogP contribution in [0, 0.1) is 12.8 Å². The smallest absolute Gasteiger partial charge is 0.0798 e. The first kappa shape index (κ1) is 13.0. The highest BCUT2D eigenvalue weighted by Gasteiger charge is 2.21. The maximum absolute atomic E-state index is 4.30. The van der Waals surface area contributed by atoms with Crippen LogP contribution in [0.3, 0.4) is 0 Å². The van der Waals surface area contributed by atoms with Crippen LogP contribution in [0.4, 0.5) is 0 Å². The molecule has 1 N–H and O–H groups in total. The van der Waals surface area contributed by atoms with E-state index in [-0.39, 0.29) is 0 Å². The summed E-state index contributed by atoms with van der Waals surface area (Å²) in [5, 5.41) is 3.60. The van der Waals surface area contributed by atoms with Gasteiger partial charge in [0.25, 0.3) is 0 Å². The van der Waals surface area contributed by atoms with Crippen LogP contribution in [-0.2, 0) is 6.54 Å². The first-order valence-electron chi connectivity index (χ1n) is 6.46. The van der Waals surface area contributed by atoms with Crippen molar-refractivity contribution in [2.75, 3.05) is 20.1 Å². The fraction of sp³-hybridized carbons (Fsp3) is 0.769. The molecule has 1 fully saturated rings. The van der Waals surface area contributed by atoms with Crippen molar-refractivity contribution in [3.05, 3.63) is 16.1 Å². The standard InChI is InChI=1S/C13H23N3S/c1-10(6-14-12-4-5-12)7-16(3)8-13-11(2)15-9-17-13/h9-10,12,14H,4-8H2,1-3H3. The summed E-state index contributed by atoms with van der Waals surface area (Å²) in [5.41, 5.74) is 3.13. The van der Waals surface area contributed by atoms with Crippen LogP contribution < -0.4 is 5.32 Å². The molecule has 3 nitrogen and oxygen atoms in total. The van der Waals surface area contributed by atoms with Crippen molar-refractivity contribution >= 4 is 11.3 Å². The third kappa shape index (κ3) is 4.37. The van der Waals surface area contributed by atoms with Crippen molar-refractivity contribution < 1.29 is 0 Å². The fourth-order valence-corrected chi connectivity index (χ4v) is 2.90. The van der Waals surface area contributed by atoms with Crippen LogP contribution in [0.25, 0.3) is 0 Å². The minimum absolute atomic E-state index is 0.717. The van der Waals surface area contributed by atoms with Gasteiger partial charge in [0.1, 0.15) is 0 Å². The number of thiazole rings is 1. The predicted octanol–water partition coefficient (Wildman–Crippen LogP) is 2.27. The number of hydrogen-bond acceptors (Lipinski definition) is 4. The van der Waals surface area contributed by atoms with Crippen LogP contribution in [0.1, 0.15) is 30.3 Å². The van der Waals surface area contributed by atoms with Crippen LogP contribution in [0.15, 0.2) is 5.51 Å². The van der Waals surface area contributed by atoms with E-state index >= 15 is 0 Å². The lowest BCUT2D eigenvalue weighted by Crippen LogP contribution is -2.31. The summed E-state index contributed by atoms with van der Waals surface area (Å²) in [6.45, 7) is 7.75. The lowest BCUT2D eigenvalue weighted by atomic mass is 10.1. The predicted molar refractivity (Wildman–Crippen MR) is 73.4 cm³/mol. The maximum atomic E-state index is 4.30. The summed E-state index contributed by atoms with van der Waals surface area (Å²) in [6, 6.07) is 0.825. The molecule has 4 heteroatoms. The van der Waals surface area contributed by atoms with E-state index in [1.165, 1.54) is 23.4 Å². The van der Waals surface area contributed by atoms with Gasteiger partial charge in [-0.3, -0.25) is 0 Å². The summed E-state index contributed by atoms with van der Waals surface area (Å²) in [5.74, 6) is 0.717. The van der Waals surface area contributed by atoms with Crippen molar-refractivity contribution in [1.29, 1.82) is 0 Å². The molecule has 0 aromatic carbocycles. The average Bonchev–Trinajstić information content (AvgIpc) is 3.02. The van der Waals surface area contributed by atoms with E-state index in [4.69, 9.17) is 0 Å². The lowest BCUT2D eigenvalue weighted by Gasteiger charge is -2.21. The zero-order valence-electron chi connectivity index (χ0n) is 11.1. The molecule has 1 unspecified atom stereocenters. The van der Waals surface area contributed by atoms with E-state index in [1.807, 2.05) is 5.51 Å². The Balaban J connectivity index is 1.68. The second kappa shape index (κ2) is 5.94. The minimum Gasteiger partial charge on any atom is -0.314 e. The molecule has 1 saturated carbocycles. The highest BCUT2D eigenvalue weighted by Crippen LogP contribution is 2.19. The van der Waals surface area contributed by atoms with Gasteiger partial charge in [-0.15, -0.1) is 11.3 Å². The van der Waals surface area contributed by atoms with Gasteiger partial charge in [0, 0.05) is 24.0 Å². The topological polar surface area (TPSA) is 28.2 Å². The molecule has 1 aromatic rings. The second-order valence-corrected chi connectivity index (χ2v) is 6.28. The van der Waals surface area contributed by atoms with Crippen molar-refractivity contribution in [2.45, 2.75) is 39.3 Å². The van der Waals surface area contributed by atoms with Crippen molar-refractivity contribution in [1.82, 2.24) is 15.2 Å². The molecular formula is C13H23N3S. The molecule has 0 amide bonds. The fourth-order valence-electron chi connectivity index (χ4n) is 2.04. The molecular weight excluding hydrogens is 230 g/mol. The van der Waals surface area contributed by atoms with Gasteiger partial charge in [0.05, 0.1) is 11.2 Å². The molecule has 0 saturated heterocycles. The normalized spacial score (nSPS) is 17.6. The number of rotatable bonds is 7. The van der Waals surface area contributed by atoms with Gasteiger partial charge in [-0.1, -0.05) is 6.92 Å². The van der Waals surface area contributed by atoms with E-state index in [9.17, 15) is 0 Å². The van der Waals surface area contributed by atoms with Gasteiger partial charge in [0.15, 0.2) is 0 Å². The molecule has 1 aromatic heterocycles. The Morgan fingerprint density at radius 2 is 2.35 bits per heavy atom. The summed E-state index contributed by atoms with van der Waals surface area (Å²) >= 11 is 1.76. The monoisotopic (exact) mass is 253 g/mol. The summed E-state index contributed by atoms with van der Waals surface area (Å²) < 4.78 is 0. The molecule has 0 aliphatic heterocycles. The minimum atomic E-state index is 0.717. The van der Waals surface area contributed by atoms with Crippen LogP contribution in [0.2, 0.25) is 0 Å². The molecule has 0 radical (unpaired) electrons. The quantitative estimate of drug-likeness (QED) is 0.808. The number of aryl methyl sites for hydroxylation is 1. The summed E-state index contributed by atoms with van der Waals surface area (Å²) in [4.78, 5) is 8.10. The molecule has 1 heterocycles. The van der Waals surface area contributed by atoms with Crippen LogP contribution >= 0.6 is 11.3 Å². The van der Waals surface area contributed by atoms with Crippen molar-refractivity contribution in [3.8, 4) is 0 Å². The number of nitrogens with zero attached hydrogens (tertiary/aromatic N) is 2. The molecule has 0 spiro atoms. The van der Waals surface area contributed by atoms with Crippen LogP contribution in [-0.4, -0.2) is 36.1 Å². The van der Waals surface area contributed by atoms with E-state index in [0.29, 0.717) is 5.92 Å². The largest absolute Gasteiger partial charge is 0.314 e. The molecule has 1 aliphatic carbocycles. The number of aromatic nitrogens is 1. The Kier molecular flexibility index (Phi) is 4.54. The van der Waals surface area contributed by atoms with Gasteiger partial charge in [-0.2, -0.15) is 0 Å². The summed E-state index contributed by atoms with van der Waals surface area (Å²) in [6.07, 6.45) is 2.76. The Morgan fingerprint density at radius 1 is 1.59 bits per heavy atom. The lowest BCUT2D eigenvalue weighted by molar-refractivity contribution is 0.275. The number of nitrogens with one attached hydrogen (secondary N) is 1. The van der Waals surface area contributed by atoms with Gasteiger partial charge in [-0.05, 0) is 39.3 Å². The van der Waals surface area contributed by atoms with E-state index in [2.05, 4.69) is 36.1 Å². The highest BCUT2D eigenvalue weighted by atomic mass is 32.1. The molecule has 1 aliphatic rings. The van der Waals surface area contributed by atoms with E-state index < -0.39 is 0 Å². The van der Waals surface area contributed by atoms with Gasteiger partial charge in [-0.25, -0.2) is 4.98 Å². The van der Waals surface area contributed by atoms with Crippen LogP contribution in [0.5, 0.6) is 0 Å². The summed E-state index contributed by atoms with van der Waals surface area (Å²) in [7, 11) is 2.20. The maximum Gasteiger partial charge on any atom is 0.0798 e. The highest BCUT2D eigenvalue weighted by molar-refractivity contribution is 7.09. The van der Waals surface area contributed by atoms with E-state index in [1.54, 1.807) is 11.3 Å². The van der Waals surface area contributed by atoms with Gasteiger partial charge >= 0.3 is 0 Å². The Morgan fingerprint density at radius 3 is 2.94 bits per heavy atom. The zero-order valence-corrected chi connectivity index (χ0v) is 11.9.